The minimum Gasteiger partial charge on any atom is -0.476 e. The lowest BCUT2D eigenvalue weighted by Crippen LogP contribution is -2.09. The van der Waals surface area contributed by atoms with Crippen molar-refractivity contribution in [2.75, 3.05) is 11.9 Å². The normalized spacial score (nSPS) is 10.5. The number of carbonyl (C=O) groups is 1. The summed E-state index contributed by atoms with van der Waals surface area (Å²) in [5, 5.41) is 14.9. The number of nitrogens with zero attached hydrogens (tertiary/aromatic N) is 3. The molecule has 0 unspecified atom stereocenters. The smallest absolute Gasteiger partial charge is 0.356 e. The van der Waals surface area contributed by atoms with E-state index in [4.69, 9.17) is 5.11 Å². The fourth-order valence-electron chi connectivity index (χ4n) is 1.44. The Hall–Kier alpha value is -1.89. The molecule has 0 radical (unpaired) electrons. The highest BCUT2D eigenvalue weighted by Crippen LogP contribution is 2.15. The maximum atomic E-state index is 10.6. The summed E-state index contributed by atoms with van der Waals surface area (Å²) >= 11 is 1.58. The van der Waals surface area contributed by atoms with Gasteiger partial charge in [-0.05, 0) is 6.42 Å². The Balaban J connectivity index is 1.82. The van der Waals surface area contributed by atoms with Crippen molar-refractivity contribution in [1.82, 2.24) is 14.5 Å². The highest BCUT2D eigenvalue weighted by molar-refractivity contribution is 7.13. The molecular formula is C11H14N4O2S. The molecule has 18 heavy (non-hydrogen) atoms. The van der Waals surface area contributed by atoms with Crippen molar-refractivity contribution in [1.29, 1.82) is 0 Å². The van der Waals surface area contributed by atoms with Crippen LogP contribution < -0.4 is 5.32 Å². The Morgan fingerprint density at radius 3 is 3.06 bits per heavy atom. The molecule has 0 saturated carbocycles. The maximum Gasteiger partial charge on any atom is 0.356 e. The summed E-state index contributed by atoms with van der Waals surface area (Å²) in [4.78, 5) is 18.8. The van der Waals surface area contributed by atoms with Crippen LogP contribution in [0.5, 0.6) is 0 Å². The Morgan fingerprint density at radius 1 is 1.61 bits per heavy atom. The second-order valence-corrected chi connectivity index (χ2v) is 4.58. The lowest BCUT2D eigenvalue weighted by molar-refractivity contribution is 0.0691. The summed E-state index contributed by atoms with van der Waals surface area (Å²) in [6.45, 7) is 3.41. The zero-order chi connectivity index (χ0) is 13.0. The fourth-order valence-corrected chi connectivity index (χ4v) is 2.26. The molecule has 0 aliphatic rings. The number of hydrogen-bond donors (Lipinski definition) is 2. The predicted octanol–water partition coefficient (Wildman–Crippen LogP) is 1.71. The van der Waals surface area contributed by atoms with E-state index in [2.05, 4.69) is 22.2 Å². The first-order valence-corrected chi connectivity index (χ1v) is 6.50. The molecule has 0 bridgehead atoms. The minimum atomic E-state index is -1.01. The quantitative estimate of drug-likeness (QED) is 0.832. The van der Waals surface area contributed by atoms with Gasteiger partial charge in [0, 0.05) is 24.7 Å². The number of rotatable bonds is 6. The van der Waals surface area contributed by atoms with Crippen LogP contribution >= 0.6 is 11.3 Å². The minimum absolute atomic E-state index is 0.0671. The highest BCUT2D eigenvalue weighted by atomic mass is 32.1. The summed E-state index contributed by atoms with van der Waals surface area (Å²) < 4.78 is 1.74. The number of aryl methyl sites for hydroxylation is 1. The molecular weight excluding hydrogens is 252 g/mol. The number of nitrogens with one attached hydrogen (secondary N) is 1. The van der Waals surface area contributed by atoms with Gasteiger partial charge in [0.25, 0.3) is 0 Å². The Kier molecular flexibility index (Phi) is 3.93. The molecule has 0 aliphatic carbocycles. The van der Waals surface area contributed by atoms with E-state index < -0.39 is 5.97 Å². The molecule has 2 N–H and O–H groups in total. The average molecular weight is 266 g/mol. The van der Waals surface area contributed by atoms with Gasteiger partial charge in [-0.15, -0.1) is 11.3 Å². The first-order valence-electron chi connectivity index (χ1n) is 5.62. The predicted molar refractivity (Wildman–Crippen MR) is 69.2 cm³/mol. The Bertz CT molecular complexity index is 535. The molecule has 0 aromatic carbocycles. The van der Waals surface area contributed by atoms with Crippen LogP contribution in [0.3, 0.4) is 0 Å². The number of aromatic carboxylic acids is 1. The van der Waals surface area contributed by atoms with Crippen LogP contribution in [-0.2, 0) is 13.0 Å². The molecule has 96 valence electrons. The van der Waals surface area contributed by atoms with Gasteiger partial charge in [0.1, 0.15) is 0 Å². The van der Waals surface area contributed by atoms with Gasteiger partial charge >= 0.3 is 5.97 Å². The molecule has 6 nitrogen and oxygen atoms in total. The molecule has 0 fully saturated rings. The highest BCUT2D eigenvalue weighted by Gasteiger charge is 2.06. The second kappa shape index (κ2) is 5.63. The van der Waals surface area contributed by atoms with Crippen LogP contribution in [0.4, 0.5) is 5.13 Å². The zero-order valence-corrected chi connectivity index (χ0v) is 10.8. The van der Waals surface area contributed by atoms with E-state index in [0.29, 0.717) is 13.1 Å². The third kappa shape index (κ3) is 3.07. The van der Waals surface area contributed by atoms with E-state index in [0.717, 1.165) is 17.2 Å². The van der Waals surface area contributed by atoms with Crippen LogP contribution in [0.1, 0.15) is 23.1 Å². The van der Waals surface area contributed by atoms with Crippen molar-refractivity contribution >= 4 is 22.4 Å². The van der Waals surface area contributed by atoms with Crippen molar-refractivity contribution in [2.45, 2.75) is 19.9 Å². The summed E-state index contributed by atoms with van der Waals surface area (Å²) in [6.07, 6.45) is 3.97. The molecule has 0 spiro atoms. The number of aromatic nitrogens is 3. The van der Waals surface area contributed by atoms with Crippen LogP contribution in [0.15, 0.2) is 17.9 Å². The van der Waals surface area contributed by atoms with Crippen molar-refractivity contribution in [3.63, 3.8) is 0 Å². The number of carboxylic acid groups (broad SMARTS) is 1. The number of hydrogen-bond acceptors (Lipinski definition) is 5. The summed E-state index contributed by atoms with van der Waals surface area (Å²) in [5.41, 5.74) is 1.15. The average Bonchev–Trinajstić information content (AvgIpc) is 2.97. The van der Waals surface area contributed by atoms with Gasteiger partial charge in [0.15, 0.2) is 10.8 Å². The van der Waals surface area contributed by atoms with E-state index in [1.54, 1.807) is 15.9 Å². The topological polar surface area (TPSA) is 80.0 Å². The van der Waals surface area contributed by atoms with Crippen molar-refractivity contribution < 1.29 is 9.90 Å². The van der Waals surface area contributed by atoms with Crippen LogP contribution in [0, 0.1) is 0 Å². The van der Waals surface area contributed by atoms with Gasteiger partial charge in [-0.3, -0.25) is 0 Å². The fraction of sp³-hybridized carbons (Fsp3) is 0.364. The summed E-state index contributed by atoms with van der Waals surface area (Å²) in [7, 11) is 0. The van der Waals surface area contributed by atoms with Crippen LogP contribution in [0.25, 0.3) is 0 Å². The lowest BCUT2D eigenvalue weighted by Gasteiger charge is -2.02. The second-order valence-electron chi connectivity index (χ2n) is 3.73. The van der Waals surface area contributed by atoms with Crippen molar-refractivity contribution in [3.8, 4) is 0 Å². The van der Waals surface area contributed by atoms with Gasteiger partial charge in [-0.1, -0.05) is 6.92 Å². The summed E-state index contributed by atoms with van der Waals surface area (Å²) in [6, 6.07) is 0. The van der Waals surface area contributed by atoms with Gasteiger partial charge in [0.2, 0.25) is 0 Å². The molecule has 0 aliphatic heterocycles. The number of anilines is 1. The lowest BCUT2D eigenvalue weighted by atomic mass is 10.4. The molecule has 0 amide bonds. The third-order valence-electron chi connectivity index (χ3n) is 2.41. The largest absolute Gasteiger partial charge is 0.476 e. The molecule has 2 aromatic rings. The summed E-state index contributed by atoms with van der Waals surface area (Å²) in [5.74, 6) is -1.01. The molecule has 2 heterocycles. The van der Waals surface area contributed by atoms with E-state index in [-0.39, 0.29) is 5.69 Å². The van der Waals surface area contributed by atoms with Crippen molar-refractivity contribution in [2.24, 2.45) is 0 Å². The molecule has 0 atom stereocenters. The van der Waals surface area contributed by atoms with Crippen LogP contribution in [0.2, 0.25) is 0 Å². The number of imidazole rings is 1. The van der Waals surface area contributed by atoms with Gasteiger partial charge in [-0.2, -0.15) is 0 Å². The van der Waals surface area contributed by atoms with E-state index in [9.17, 15) is 4.79 Å². The SMILES string of the molecule is CCc1csc(NCCn2cnc(C(=O)O)c2)n1. The molecule has 0 saturated heterocycles. The van der Waals surface area contributed by atoms with E-state index in [1.807, 2.05) is 5.38 Å². The first kappa shape index (κ1) is 12.6. The van der Waals surface area contributed by atoms with E-state index >= 15 is 0 Å². The number of carboxylic acids is 1. The monoisotopic (exact) mass is 266 g/mol. The van der Waals surface area contributed by atoms with Crippen molar-refractivity contribution in [3.05, 3.63) is 29.3 Å². The third-order valence-corrected chi connectivity index (χ3v) is 3.26. The Morgan fingerprint density at radius 2 is 2.44 bits per heavy atom. The maximum absolute atomic E-state index is 10.6. The Labute approximate surface area is 108 Å². The van der Waals surface area contributed by atoms with Gasteiger partial charge in [0.05, 0.1) is 12.0 Å². The van der Waals surface area contributed by atoms with Gasteiger partial charge < -0.3 is 15.0 Å². The molecule has 7 heteroatoms. The van der Waals surface area contributed by atoms with E-state index in [1.165, 1.54) is 12.5 Å². The standard InChI is InChI=1S/C11H14N4O2S/c1-2-8-6-18-11(14-8)12-3-4-15-5-9(10(16)17)13-7-15/h5-7H,2-4H2,1H3,(H,12,14)(H,16,17). The molecule has 2 aromatic heterocycles. The zero-order valence-electron chi connectivity index (χ0n) is 9.96. The molecule has 2 rings (SSSR count). The van der Waals surface area contributed by atoms with Crippen LogP contribution in [-0.4, -0.2) is 32.2 Å². The first-order chi connectivity index (χ1) is 8.69. The van der Waals surface area contributed by atoms with Gasteiger partial charge in [-0.25, -0.2) is 14.8 Å². The number of thiazole rings is 1.